The van der Waals surface area contributed by atoms with Crippen LogP contribution in [0.1, 0.15) is 50.9 Å². The van der Waals surface area contributed by atoms with E-state index >= 15 is 0 Å². The van der Waals surface area contributed by atoms with Crippen molar-refractivity contribution in [2.45, 2.75) is 52.2 Å². The highest BCUT2D eigenvalue weighted by atomic mass is 16.6. The van der Waals surface area contributed by atoms with Crippen LogP contribution in [0.4, 0.5) is 4.79 Å². The van der Waals surface area contributed by atoms with Gasteiger partial charge in [-0.05, 0) is 52.5 Å². The maximum Gasteiger partial charge on any atom is 0.410 e. The van der Waals surface area contributed by atoms with Crippen molar-refractivity contribution in [2.75, 3.05) is 39.5 Å². The third kappa shape index (κ3) is 6.08. The number of carbonyl (C=O) groups excluding carboxylic acids is 2. The van der Waals surface area contributed by atoms with Crippen molar-refractivity contribution in [2.24, 2.45) is 5.92 Å². The number of piperazine rings is 1. The lowest BCUT2D eigenvalue weighted by Gasteiger charge is -2.40. The standard InChI is InChI=1S/C22H33N3O5/c1-16-14-24(21(27)30-22(2,3)4)9-10-25(16)20(26)18-5-6-19(23-13-18)29-15-17-7-11-28-12-8-17/h5-6,13,16-17H,7-12,14-15H2,1-4H3/t16-/m1/s1. The maximum absolute atomic E-state index is 12.9. The predicted octanol–water partition coefficient (Wildman–Crippen LogP) is 2.97. The van der Waals surface area contributed by atoms with Gasteiger partial charge in [0.1, 0.15) is 5.60 Å². The molecule has 3 heterocycles. The van der Waals surface area contributed by atoms with Crippen molar-refractivity contribution in [1.82, 2.24) is 14.8 Å². The van der Waals surface area contributed by atoms with E-state index < -0.39 is 5.60 Å². The van der Waals surface area contributed by atoms with Gasteiger partial charge in [0.25, 0.3) is 5.91 Å². The molecule has 0 aliphatic carbocycles. The van der Waals surface area contributed by atoms with Crippen LogP contribution >= 0.6 is 0 Å². The molecule has 0 bridgehead atoms. The molecular weight excluding hydrogens is 386 g/mol. The van der Waals surface area contributed by atoms with E-state index in [1.165, 1.54) is 0 Å². The van der Waals surface area contributed by atoms with Crippen LogP contribution in [0.15, 0.2) is 18.3 Å². The van der Waals surface area contributed by atoms with Crippen molar-refractivity contribution in [1.29, 1.82) is 0 Å². The van der Waals surface area contributed by atoms with E-state index in [-0.39, 0.29) is 18.0 Å². The van der Waals surface area contributed by atoms with Crippen LogP contribution in [0.5, 0.6) is 5.88 Å². The molecule has 30 heavy (non-hydrogen) atoms. The number of rotatable bonds is 4. The molecule has 0 N–H and O–H groups in total. The van der Waals surface area contributed by atoms with Gasteiger partial charge in [0.2, 0.25) is 5.88 Å². The minimum absolute atomic E-state index is 0.0881. The van der Waals surface area contributed by atoms with Gasteiger partial charge in [-0.1, -0.05) is 0 Å². The predicted molar refractivity (Wildman–Crippen MR) is 112 cm³/mol. The molecule has 0 spiro atoms. The van der Waals surface area contributed by atoms with E-state index in [1.807, 2.05) is 27.7 Å². The number of nitrogens with zero attached hydrogens (tertiary/aromatic N) is 3. The molecule has 2 amide bonds. The summed E-state index contributed by atoms with van der Waals surface area (Å²) in [5.74, 6) is 0.930. The second-order valence-electron chi connectivity index (χ2n) is 9.03. The lowest BCUT2D eigenvalue weighted by molar-refractivity contribution is 0.00616. The van der Waals surface area contributed by atoms with E-state index in [4.69, 9.17) is 14.2 Å². The van der Waals surface area contributed by atoms with Crippen molar-refractivity contribution < 1.29 is 23.8 Å². The SMILES string of the molecule is C[C@@H]1CN(C(=O)OC(C)(C)C)CCN1C(=O)c1ccc(OCC2CCOCC2)nc1. The van der Waals surface area contributed by atoms with Gasteiger partial charge >= 0.3 is 6.09 Å². The number of carbonyl (C=O) groups is 2. The van der Waals surface area contributed by atoms with Crippen molar-refractivity contribution in [3.63, 3.8) is 0 Å². The van der Waals surface area contributed by atoms with Crippen LogP contribution < -0.4 is 4.74 Å². The summed E-state index contributed by atoms with van der Waals surface area (Å²) in [6.07, 6.45) is 3.23. The lowest BCUT2D eigenvalue weighted by atomic mass is 10.0. The Labute approximate surface area is 178 Å². The van der Waals surface area contributed by atoms with Gasteiger partial charge in [-0.2, -0.15) is 0 Å². The Kier molecular flexibility index (Phi) is 7.18. The molecule has 8 heteroatoms. The molecule has 0 saturated carbocycles. The fourth-order valence-corrected chi connectivity index (χ4v) is 3.63. The summed E-state index contributed by atoms with van der Waals surface area (Å²) in [6, 6.07) is 3.39. The van der Waals surface area contributed by atoms with Crippen molar-refractivity contribution in [3.8, 4) is 5.88 Å². The van der Waals surface area contributed by atoms with Gasteiger partial charge in [-0.15, -0.1) is 0 Å². The van der Waals surface area contributed by atoms with E-state index in [2.05, 4.69) is 4.98 Å². The largest absolute Gasteiger partial charge is 0.477 e. The number of aromatic nitrogens is 1. The molecule has 2 aliphatic heterocycles. The van der Waals surface area contributed by atoms with Crippen LogP contribution in [0.2, 0.25) is 0 Å². The summed E-state index contributed by atoms with van der Waals surface area (Å²) in [5.41, 5.74) is -0.0148. The van der Waals surface area contributed by atoms with E-state index in [9.17, 15) is 9.59 Å². The van der Waals surface area contributed by atoms with Crippen molar-refractivity contribution >= 4 is 12.0 Å². The first-order valence-electron chi connectivity index (χ1n) is 10.7. The highest BCUT2D eigenvalue weighted by Crippen LogP contribution is 2.19. The summed E-state index contributed by atoms with van der Waals surface area (Å²) < 4.78 is 16.6. The third-order valence-electron chi connectivity index (χ3n) is 5.33. The fraction of sp³-hybridized carbons (Fsp3) is 0.682. The first kappa shape index (κ1) is 22.3. The van der Waals surface area contributed by atoms with Crippen LogP contribution in [0.25, 0.3) is 0 Å². The topological polar surface area (TPSA) is 81.2 Å². The van der Waals surface area contributed by atoms with E-state index in [1.54, 1.807) is 28.1 Å². The fourth-order valence-electron chi connectivity index (χ4n) is 3.63. The maximum atomic E-state index is 12.9. The van der Waals surface area contributed by atoms with Gasteiger partial charge in [-0.3, -0.25) is 4.79 Å². The number of hydrogen-bond donors (Lipinski definition) is 0. The molecule has 1 aromatic rings. The molecule has 1 aromatic heterocycles. The van der Waals surface area contributed by atoms with Gasteiger partial charge in [-0.25, -0.2) is 9.78 Å². The monoisotopic (exact) mass is 419 g/mol. The van der Waals surface area contributed by atoms with Gasteiger partial charge in [0.05, 0.1) is 12.2 Å². The zero-order valence-electron chi connectivity index (χ0n) is 18.4. The Bertz CT molecular complexity index is 725. The van der Waals surface area contributed by atoms with Gasteiger partial charge in [0.15, 0.2) is 0 Å². The number of hydrogen-bond acceptors (Lipinski definition) is 6. The molecule has 3 rings (SSSR count). The molecule has 0 unspecified atom stereocenters. The summed E-state index contributed by atoms with van der Waals surface area (Å²) in [4.78, 5) is 33.0. The highest BCUT2D eigenvalue weighted by molar-refractivity contribution is 5.94. The number of pyridine rings is 1. The van der Waals surface area contributed by atoms with E-state index in [0.29, 0.717) is 43.6 Å². The minimum atomic E-state index is -0.534. The zero-order valence-corrected chi connectivity index (χ0v) is 18.4. The number of amides is 2. The second kappa shape index (κ2) is 9.64. The molecule has 2 saturated heterocycles. The summed E-state index contributed by atoms with van der Waals surface area (Å²) in [6.45, 7) is 11.0. The molecule has 8 nitrogen and oxygen atoms in total. The Morgan fingerprint density at radius 3 is 2.53 bits per heavy atom. The Morgan fingerprint density at radius 2 is 1.93 bits per heavy atom. The highest BCUT2D eigenvalue weighted by Gasteiger charge is 2.32. The summed E-state index contributed by atoms with van der Waals surface area (Å²) >= 11 is 0. The third-order valence-corrected chi connectivity index (χ3v) is 5.33. The Hall–Kier alpha value is -2.35. The normalized spacial score (nSPS) is 20.7. The lowest BCUT2D eigenvalue weighted by Crippen LogP contribution is -2.56. The molecule has 2 aliphatic rings. The molecule has 0 aromatic carbocycles. The molecule has 1 atom stereocenters. The van der Waals surface area contributed by atoms with Crippen LogP contribution in [-0.2, 0) is 9.47 Å². The second-order valence-corrected chi connectivity index (χ2v) is 9.03. The van der Waals surface area contributed by atoms with Gasteiger partial charge in [0, 0.05) is 51.2 Å². The molecule has 2 fully saturated rings. The molecular formula is C22H33N3O5. The smallest absolute Gasteiger partial charge is 0.410 e. The number of ether oxygens (including phenoxy) is 3. The van der Waals surface area contributed by atoms with Crippen molar-refractivity contribution in [3.05, 3.63) is 23.9 Å². The minimum Gasteiger partial charge on any atom is -0.477 e. The van der Waals surface area contributed by atoms with Crippen LogP contribution in [0.3, 0.4) is 0 Å². The Balaban J connectivity index is 1.51. The summed E-state index contributed by atoms with van der Waals surface area (Å²) in [5, 5.41) is 0. The quantitative estimate of drug-likeness (QED) is 0.746. The molecule has 166 valence electrons. The van der Waals surface area contributed by atoms with Gasteiger partial charge < -0.3 is 24.0 Å². The first-order chi connectivity index (χ1) is 14.2. The average Bonchev–Trinajstić information content (AvgIpc) is 2.71. The summed E-state index contributed by atoms with van der Waals surface area (Å²) in [7, 11) is 0. The Morgan fingerprint density at radius 1 is 1.20 bits per heavy atom. The average molecular weight is 420 g/mol. The van der Waals surface area contributed by atoms with Crippen LogP contribution in [-0.4, -0.2) is 77.9 Å². The zero-order chi connectivity index (χ0) is 21.7. The van der Waals surface area contributed by atoms with E-state index in [0.717, 1.165) is 26.1 Å². The van der Waals surface area contributed by atoms with Crippen LogP contribution in [0, 0.1) is 5.92 Å². The first-order valence-corrected chi connectivity index (χ1v) is 10.7. The molecule has 0 radical (unpaired) electrons.